The van der Waals surface area contributed by atoms with Crippen LogP contribution in [0.15, 0.2) is 146 Å². The molecule has 0 N–H and O–H groups in total. The molecule has 0 bridgehead atoms. The Labute approximate surface area is 311 Å². The summed E-state index contributed by atoms with van der Waals surface area (Å²) in [5.74, 6) is 0. The van der Waals surface area contributed by atoms with E-state index in [4.69, 9.17) is 6.57 Å². The molecular formula is C48H24N6. The van der Waals surface area contributed by atoms with E-state index >= 15 is 0 Å². The van der Waals surface area contributed by atoms with Gasteiger partial charge >= 0.3 is 0 Å². The molecule has 0 amide bonds. The van der Waals surface area contributed by atoms with Crippen LogP contribution in [0.3, 0.4) is 0 Å². The van der Waals surface area contributed by atoms with Crippen LogP contribution in [0.25, 0.3) is 71.8 Å². The molecule has 3 aliphatic rings. The lowest BCUT2D eigenvalue weighted by Gasteiger charge is -2.20. The Morgan fingerprint density at radius 1 is 0.407 bits per heavy atom. The fraction of sp³-hybridized carbons (Fsp3) is 0. The van der Waals surface area contributed by atoms with E-state index in [-0.39, 0.29) is 0 Å². The van der Waals surface area contributed by atoms with Crippen LogP contribution < -0.4 is 0 Å². The maximum absolute atomic E-state index is 11.1. The predicted molar refractivity (Wildman–Crippen MR) is 211 cm³/mol. The summed E-state index contributed by atoms with van der Waals surface area (Å²) in [6, 6.07) is 46.5. The second kappa shape index (κ2) is 12.1. The van der Waals surface area contributed by atoms with Crippen molar-refractivity contribution in [3.05, 3.63) is 208 Å². The minimum absolute atomic E-state index is 0.426. The topological polar surface area (TPSA) is 90.6 Å². The number of benzene rings is 4. The molecule has 0 saturated carbocycles. The number of fused-ring (bicyclic) bond motifs is 12. The highest BCUT2D eigenvalue weighted by Crippen LogP contribution is 2.65. The van der Waals surface area contributed by atoms with E-state index in [9.17, 15) is 10.5 Å². The zero-order valence-electron chi connectivity index (χ0n) is 28.5. The molecule has 6 heteroatoms. The van der Waals surface area contributed by atoms with Crippen LogP contribution >= 0.6 is 0 Å². The molecule has 0 fully saturated rings. The van der Waals surface area contributed by atoms with Crippen LogP contribution in [0.4, 0.5) is 0 Å². The largest absolute Gasteiger partial charge is 0.268 e. The Morgan fingerprint density at radius 2 is 0.741 bits per heavy atom. The first-order valence-corrected chi connectivity index (χ1v) is 17.4. The number of allylic oxidation sites excluding steroid dienone is 2. The molecular weight excluding hydrogens is 661 g/mol. The molecule has 6 nitrogen and oxygen atoms in total. The monoisotopic (exact) mass is 684 g/mol. The maximum Gasteiger partial charge on any atom is 0.220 e. The van der Waals surface area contributed by atoms with Crippen molar-refractivity contribution in [1.82, 2.24) is 15.0 Å². The maximum atomic E-state index is 11.1. The first-order valence-electron chi connectivity index (χ1n) is 17.4. The van der Waals surface area contributed by atoms with Crippen molar-refractivity contribution in [2.75, 3.05) is 0 Å². The predicted octanol–water partition coefficient (Wildman–Crippen LogP) is 10.6. The molecule has 0 aliphatic heterocycles. The molecule has 3 aromatic heterocycles. The molecule has 4 aromatic carbocycles. The van der Waals surface area contributed by atoms with Crippen molar-refractivity contribution in [2.24, 2.45) is 0 Å². The second-order valence-corrected chi connectivity index (χ2v) is 13.1. The number of hydrogen-bond donors (Lipinski definition) is 0. The number of nitriles is 2. The van der Waals surface area contributed by atoms with Gasteiger partial charge in [-0.15, -0.1) is 0 Å². The minimum atomic E-state index is 0.426. The highest BCUT2D eigenvalue weighted by atomic mass is 14.8. The third-order valence-electron chi connectivity index (χ3n) is 10.5. The molecule has 0 unspecified atom stereocenters. The number of rotatable bonds is 3. The lowest BCUT2D eigenvalue weighted by atomic mass is 9.82. The van der Waals surface area contributed by atoms with E-state index in [0.29, 0.717) is 33.9 Å². The average Bonchev–Trinajstić information content (AvgIpc) is 3.87. The van der Waals surface area contributed by atoms with Gasteiger partial charge in [0.05, 0.1) is 34.8 Å². The summed E-state index contributed by atoms with van der Waals surface area (Å²) >= 11 is 0. The Morgan fingerprint density at radius 3 is 1.09 bits per heavy atom. The van der Waals surface area contributed by atoms with E-state index in [1.807, 2.05) is 91.0 Å². The zero-order chi connectivity index (χ0) is 36.3. The highest BCUT2D eigenvalue weighted by molar-refractivity contribution is 6.29. The van der Waals surface area contributed by atoms with Crippen LogP contribution in [0.2, 0.25) is 0 Å². The molecule has 10 rings (SSSR count). The van der Waals surface area contributed by atoms with E-state index in [1.165, 1.54) is 0 Å². The fourth-order valence-electron chi connectivity index (χ4n) is 8.48. The van der Waals surface area contributed by atoms with E-state index in [0.717, 1.165) is 83.5 Å². The van der Waals surface area contributed by atoms with Gasteiger partial charge in [-0.1, -0.05) is 91.0 Å². The molecule has 3 aliphatic carbocycles. The SMILES string of the molecule is [C-]#[N+]/C(=C1/c2ccccc2-c2c3c(c4c(c21)-c1ccccc1/C4=C(/C#N)c1ccccn1)-c1ccccc1/C3=C(/C#N)c1ccccn1)c1ccccn1. The quantitative estimate of drug-likeness (QED) is 0.136. The van der Waals surface area contributed by atoms with Crippen LogP contribution in [-0.2, 0) is 0 Å². The van der Waals surface area contributed by atoms with Crippen LogP contribution in [0.5, 0.6) is 0 Å². The Bertz CT molecular complexity index is 2640. The smallest absolute Gasteiger partial charge is 0.220 e. The normalized spacial score (nSPS) is 15.3. The van der Waals surface area contributed by atoms with Gasteiger partial charge in [0.1, 0.15) is 12.1 Å². The molecule has 0 atom stereocenters. The standard InChI is InChI=1S/C48H24N6/c1-51-48(38-22-10-13-25-54-38)44-33-19-7-6-18-32(33)43-46-39(34(26-49)36-20-8-11-23-52-36)28-14-2-4-16-30(28)41(46)45-40(35(27-50)37-21-9-12-24-53-37)29-15-3-5-17-31(29)42(45)47(43)44/h2-25H/b39-34+,40-35+,48-44-. The first kappa shape index (κ1) is 30.8. The lowest BCUT2D eigenvalue weighted by Crippen LogP contribution is -2.00. The van der Waals surface area contributed by atoms with Crippen molar-refractivity contribution in [2.45, 2.75) is 0 Å². The molecule has 7 aromatic rings. The van der Waals surface area contributed by atoms with Crippen molar-refractivity contribution in [1.29, 1.82) is 10.5 Å². The summed E-state index contributed by atoms with van der Waals surface area (Å²) in [5.41, 5.74) is 16.4. The summed E-state index contributed by atoms with van der Waals surface area (Å²) in [7, 11) is 0. The number of hydrogen-bond acceptors (Lipinski definition) is 5. The van der Waals surface area contributed by atoms with Crippen molar-refractivity contribution in [3.63, 3.8) is 0 Å². The summed E-state index contributed by atoms with van der Waals surface area (Å²) in [6.07, 6.45) is 5.12. The van der Waals surface area contributed by atoms with Gasteiger partial charge in [0, 0.05) is 40.9 Å². The number of pyridine rings is 3. The third-order valence-corrected chi connectivity index (χ3v) is 10.5. The lowest BCUT2D eigenvalue weighted by molar-refractivity contribution is 1.28. The van der Waals surface area contributed by atoms with Gasteiger partial charge in [-0.3, -0.25) is 15.0 Å². The zero-order valence-corrected chi connectivity index (χ0v) is 28.5. The Kier molecular flexibility index (Phi) is 6.89. The first-order chi connectivity index (χ1) is 26.7. The molecule has 54 heavy (non-hydrogen) atoms. The Hall–Kier alpha value is -7.98. The van der Waals surface area contributed by atoms with Gasteiger partial charge in [-0.2, -0.15) is 10.5 Å². The number of nitrogens with zero attached hydrogens (tertiary/aromatic N) is 6. The van der Waals surface area contributed by atoms with Crippen LogP contribution in [0.1, 0.15) is 50.5 Å². The molecule has 0 spiro atoms. The van der Waals surface area contributed by atoms with Crippen molar-refractivity contribution >= 4 is 33.6 Å². The summed E-state index contributed by atoms with van der Waals surface area (Å²) in [6.45, 7) is 8.65. The van der Waals surface area contributed by atoms with Gasteiger partial charge in [0.25, 0.3) is 0 Å². The molecule has 0 radical (unpaired) electrons. The molecule has 0 saturated heterocycles. The average molecular weight is 685 g/mol. The van der Waals surface area contributed by atoms with Gasteiger partial charge in [0.2, 0.25) is 5.70 Å². The van der Waals surface area contributed by atoms with E-state index in [1.54, 1.807) is 18.6 Å². The van der Waals surface area contributed by atoms with Crippen LogP contribution in [-0.4, -0.2) is 15.0 Å². The Balaban J connectivity index is 1.51. The second-order valence-electron chi connectivity index (χ2n) is 13.1. The highest BCUT2D eigenvalue weighted by Gasteiger charge is 2.44. The minimum Gasteiger partial charge on any atom is -0.268 e. The summed E-state index contributed by atoms with van der Waals surface area (Å²) < 4.78 is 0. The van der Waals surface area contributed by atoms with Gasteiger partial charge < -0.3 is 0 Å². The van der Waals surface area contributed by atoms with Crippen molar-refractivity contribution < 1.29 is 0 Å². The van der Waals surface area contributed by atoms with E-state index < -0.39 is 0 Å². The summed E-state index contributed by atoms with van der Waals surface area (Å²) in [4.78, 5) is 18.2. The van der Waals surface area contributed by atoms with Gasteiger partial charge in [0.15, 0.2) is 0 Å². The fourth-order valence-corrected chi connectivity index (χ4v) is 8.48. The third kappa shape index (κ3) is 4.22. The van der Waals surface area contributed by atoms with E-state index in [2.05, 4.69) is 68.3 Å². The number of aromatic nitrogens is 3. The van der Waals surface area contributed by atoms with Crippen LogP contribution in [0, 0.1) is 29.2 Å². The van der Waals surface area contributed by atoms with Gasteiger partial charge in [-0.05, 0) is 97.6 Å². The molecule has 246 valence electrons. The van der Waals surface area contributed by atoms with Crippen molar-refractivity contribution in [3.8, 4) is 45.5 Å². The van der Waals surface area contributed by atoms with Gasteiger partial charge in [-0.25, -0.2) is 4.85 Å². The molecule has 3 heterocycles. The summed E-state index contributed by atoms with van der Waals surface area (Å²) in [5, 5.41) is 22.1.